The summed E-state index contributed by atoms with van der Waals surface area (Å²) in [6.45, 7) is 8.47. The van der Waals surface area contributed by atoms with Crippen molar-refractivity contribution >= 4 is 29.0 Å². The van der Waals surface area contributed by atoms with Crippen LogP contribution < -0.4 is 10.1 Å². The number of piperidine rings is 1. The number of likely N-dealkylation sites (tertiary alicyclic amines) is 1. The van der Waals surface area contributed by atoms with Gasteiger partial charge in [0.2, 0.25) is 0 Å². The first-order valence-electron chi connectivity index (χ1n) is 10.6. The van der Waals surface area contributed by atoms with Crippen molar-refractivity contribution in [1.29, 1.82) is 0 Å². The van der Waals surface area contributed by atoms with E-state index in [2.05, 4.69) is 10.3 Å². The number of aryl methyl sites for hydroxylation is 1. The topological polar surface area (TPSA) is 141 Å². The van der Waals surface area contributed by atoms with Gasteiger partial charge in [0.15, 0.2) is 0 Å². The van der Waals surface area contributed by atoms with Crippen LogP contribution in [0.25, 0.3) is 0 Å². The Morgan fingerprint density at radius 1 is 1.18 bits per heavy atom. The Hall–Kier alpha value is -3.54. The molecule has 1 amide bonds. The lowest BCUT2D eigenvalue weighted by Crippen LogP contribution is -2.44. The summed E-state index contributed by atoms with van der Waals surface area (Å²) in [5.74, 6) is 0.411. The van der Waals surface area contributed by atoms with Gasteiger partial charge in [0.1, 0.15) is 17.0 Å². The Balaban J connectivity index is 0.00000129. The molecule has 1 N–H and O–H groups in total. The fourth-order valence-electron chi connectivity index (χ4n) is 3.27. The minimum absolute atomic E-state index is 0.0213. The van der Waals surface area contributed by atoms with Gasteiger partial charge in [-0.05, 0) is 58.7 Å². The van der Waals surface area contributed by atoms with Crippen LogP contribution in [0, 0.1) is 17.0 Å². The molecule has 1 saturated heterocycles. The molecule has 1 aliphatic rings. The fourth-order valence-corrected chi connectivity index (χ4v) is 3.27. The Bertz CT molecular complexity index is 1030. The van der Waals surface area contributed by atoms with Crippen molar-refractivity contribution in [3.63, 3.8) is 0 Å². The fraction of sp³-hybridized carbons (Fsp3) is 0.455. The Morgan fingerprint density at radius 2 is 1.76 bits per heavy atom. The van der Waals surface area contributed by atoms with E-state index in [1.54, 1.807) is 23.1 Å². The highest BCUT2D eigenvalue weighted by atomic mass is 32.1. The molecule has 1 aromatic carbocycles. The zero-order valence-corrected chi connectivity index (χ0v) is 20.3. The van der Waals surface area contributed by atoms with Gasteiger partial charge in [0.25, 0.3) is 0 Å². The van der Waals surface area contributed by atoms with Crippen LogP contribution in [0.1, 0.15) is 39.2 Å². The highest BCUT2D eigenvalue weighted by Crippen LogP contribution is 2.36. The first-order chi connectivity index (χ1) is 16.0. The monoisotopic (exact) mass is 492 g/mol. The smallest absolute Gasteiger partial charge is 0.410 e. The lowest BCUT2D eigenvalue weighted by atomic mass is 10.0. The Labute approximate surface area is 201 Å². The maximum Gasteiger partial charge on any atom is 0.410 e. The van der Waals surface area contributed by atoms with Gasteiger partial charge in [-0.1, -0.05) is 17.7 Å². The number of pyridine rings is 1. The van der Waals surface area contributed by atoms with Crippen molar-refractivity contribution in [2.45, 2.75) is 52.2 Å². The van der Waals surface area contributed by atoms with Gasteiger partial charge in [-0.15, -0.1) is 0 Å². The van der Waals surface area contributed by atoms with E-state index in [-0.39, 0.29) is 23.7 Å². The van der Waals surface area contributed by atoms with Gasteiger partial charge < -0.3 is 19.7 Å². The summed E-state index contributed by atoms with van der Waals surface area (Å²) in [4.78, 5) is 29.2. The molecule has 2 aromatic rings. The SMILES string of the molecule is Cc1ccc(Oc2nccc(NC3CCN(C(=O)OC(C)(C)C)CC3)c2[N+](=O)[O-])cc1.O=S=O. The van der Waals surface area contributed by atoms with Crippen LogP contribution in [-0.4, -0.2) is 54.1 Å². The van der Waals surface area contributed by atoms with E-state index in [9.17, 15) is 14.9 Å². The molecule has 11 nitrogen and oxygen atoms in total. The average Bonchev–Trinajstić information content (AvgIpc) is 2.75. The van der Waals surface area contributed by atoms with Gasteiger partial charge in [-0.3, -0.25) is 10.1 Å². The predicted molar refractivity (Wildman–Crippen MR) is 126 cm³/mol. The zero-order valence-electron chi connectivity index (χ0n) is 19.5. The molecule has 0 radical (unpaired) electrons. The normalized spacial score (nSPS) is 13.8. The quantitative estimate of drug-likeness (QED) is 0.479. The number of carbonyl (C=O) groups is 1. The van der Waals surface area contributed by atoms with E-state index in [0.29, 0.717) is 37.4 Å². The number of rotatable bonds is 5. The van der Waals surface area contributed by atoms with Crippen LogP contribution in [0.3, 0.4) is 0 Å². The van der Waals surface area contributed by atoms with Gasteiger partial charge in [-0.2, -0.15) is 8.42 Å². The number of anilines is 1. The molecule has 0 saturated carbocycles. The van der Waals surface area contributed by atoms with Crippen LogP contribution in [0.5, 0.6) is 11.6 Å². The molecule has 0 spiro atoms. The maximum absolute atomic E-state index is 12.2. The minimum atomic E-state index is -0.750. The summed E-state index contributed by atoms with van der Waals surface area (Å²) >= 11 is -0.750. The third-order valence-electron chi connectivity index (χ3n) is 4.82. The van der Waals surface area contributed by atoms with E-state index in [4.69, 9.17) is 17.9 Å². The lowest BCUT2D eigenvalue weighted by molar-refractivity contribution is -0.385. The maximum atomic E-state index is 12.2. The van der Waals surface area contributed by atoms with E-state index in [0.717, 1.165) is 5.56 Å². The molecule has 2 heterocycles. The lowest BCUT2D eigenvalue weighted by Gasteiger charge is -2.34. The minimum Gasteiger partial charge on any atom is -0.444 e. The highest BCUT2D eigenvalue weighted by Gasteiger charge is 2.29. The Morgan fingerprint density at radius 3 is 2.29 bits per heavy atom. The molecule has 3 rings (SSSR count). The number of hydrogen-bond donors (Lipinski definition) is 1. The summed E-state index contributed by atoms with van der Waals surface area (Å²) in [6.07, 6.45) is 2.43. The van der Waals surface area contributed by atoms with Gasteiger partial charge in [0.05, 0.1) is 4.92 Å². The third kappa shape index (κ3) is 8.10. The van der Waals surface area contributed by atoms with Crippen LogP contribution in [0.4, 0.5) is 16.2 Å². The molecule has 12 heteroatoms. The molecule has 0 aliphatic carbocycles. The first-order valence-corrected chi connectivity index (χ1v) is 11.2. The molecule has 0 unspecified atom stereocenters. The molecule has 1 aromatic heterocycles. The molecular weight excluding hydrogens is 464 g/mol. The predicted octanol–water partition coefficient (Wildman–Crippen LogP) is 4.23. The molecule has 1 aliphatic heterocycles. The first kappa shape index (κ1) is 26.7. The summed E-state index contributed by atoms with van der Waals surface area (Å²) in [5.41, 5.74) is 0.649. The summed E-state index contributed by atoms with van der Waals surface area (Å²) in [6, 6.07) is 8.76. The van der Waals surface area contributed by atoms with Crippen LogP contribution in [0.15, 0.2) is 36.5 Å². The van der Waals surface area contributed by atoms with Crippen molar-refractivity contribution in [1.82, 2.24) is 9.88 Å². The number of nitro groups is 1. The molecule has 0 bridgehead atoms. The second kappa shape index (κ2) is 12.1. The number of aromatic nitrogens is 1. The van der Waals surface area contributed by atoms with Gasteiger partial charge in [0, 0.05) is 25.3 Å². The number of benzene rings is 1. The highest BCUT2D eigenvalue weighted by molar-refractivity contribution is 7.51. The van der Waals surface area contributed by atoms with E-state index < -0.39 is 22.1 Å². The number of carbonyl (C=O) groups excluding carboxylic acids is 1. The summed E-state index contributed by atoms with van der Waals surface area (Å²) in [7, 11) is 0. The Kier molecular flexibility index (Phi) is 9.48. The van der Waals surface area contributed by atoms with Crippen LogP contribution in [0.2, 0.25) is 0 Å². The second-order valence-corrected chi connectivity index (χ2v) is 8.77. The van der Waals surface area contributed by atoms with Crippen molar-refractivity contribution in [3.8, 4) is 11.6 Å². The second-order valence-electron chi connectivity index (χ2n) is 8.64. The van der Waals surface area contributed by atoms with Crippen molar-refractivity contribution in [3.05, 3.63) is 52.2 Å². The number of nitrogens with zero attached hydrogens (tertiary/aromatic N) is 3. The standard InChI is InChI=1S/C22H28N4O5.O2S/c1-15-5-7-17(8-6-15)30-20-19(26(28)29)18(9-12-23-20)24-16-10-13-25(14-11-16)21(27)31-22(2,3)4;1-3-2/h5-9,12,16H,10-11,13-14H2,1-4H3,(H,23,24);. The van der Waals surface area contributed by atoms with Crippen molar-refractivity contribution in [2.75, 3.05) is 18.4 Å². The molecular formula is C22H28N4O7S. The zero-order chi connectivity index (χ0) is 25.3. The summed E-state index contributed by atoms with van der Waals surface area (Å²) in [5, 5.41) is 15.0. The van der Waals surface area contributed by atoms with Crippen LogP contribution >= 0.6 is 0 Å². The van der Waals surface area contributed by atoms with Crippen molar-refractivity contribution < 1.29 is 27.6 Å². The van der Waals surface area contributed by atoms with Gasteiger partial charge >= 0.3 is 29.2 Å². The van der Waals surface area contributed by atoms with Crippen LogP contribution in [-0.2, 0) is 16.3 Å². The number of nitrogens with one attached hydrogen (secondary N) is 1. The molecule has 1 fully saturated rings. The van der Waals surface area contributed by atoms with E-state index in [1.807, 2.05) is 39.8 Å². The van der Waals surface area contributed by atoms with E-state index in [1.165, 1.54) is 6.20 Å². The molecule has 34 heavy (non-hydrogen) atoms. The average molecular weight is 493 g/mol. The number of ether oxygens (including phenoxy) is 2. The number of amides is 1. The van der Waals surface area contributed by atoms with Gasteiger partial charge in [-0.25, -0.2) is 9.78 Å². The third-order valence-corrected chi connectivity index (χ3v) is 4.82. The largest absolute Gasteiger partial charge is 0.444 e. The van der Waals surface area contributed by atoms with Crippen molar-refractivity contribution in [2.24, 2.45) is 0 Å². The molecule has 184 valence electrons. The summed E-state index contributed by atoms with van der Waals surface area (Å²) < 4.78 is 27.7. The van der Waals surface area contributed by atoms with E-state index >= 15 is 0 Å². The number of hydrogen-bond acceptors (Lipinski definition) is 9. The molecule has 0 atom stereocenters.